The SMILES string of the molecule is CC1CCCC(S(=O)Cc2ccc(F)cc2CN)C1. The van der Waals surface area contributed by atoms with E-state index in [-0.39, 0.29) is 5.82 Å². The fourth-order valence-electron chi connectivity index (χ4n) is 2.81. The van der Waals surface area contributed by atoms with Gasteiger partial charge in [-0.25, -0.2) is 4.39 Å². The van der Waals surface area contributed by atoms with Crippen LogP contribution >= 0.6 is 0 Å². The normalized spacial score (nSPS) is 25.2. The molecule has 19 heavy (non-hydrogen) atoms. The van der Waals surface area contributed by atoms with Crippen LogP contribution in [0.4, 0.5) is 4.39 Å². The van der Waals surface area contributed by atoms with Gasteiger partial charge in [0.15, 0.2) is 0 Å². The van der Waals surface area contributed by atoms with E-state index in [1.165, 1.54) is 25.0 Å². The number of rotatable bonds is 4. The molecule has 3 atom stereocenters. The molecule has 0 radical (unpaired) electrons. The number of hydrogen-bond acceptors (Lipinski definition) is 2. The standard InChI is InChI=1S/C15H22FNOS/c1-11-3-2-4-15(7-11)19(18)10-12-5-6-14(16)8-13(12)9-17/h5-6,8,11,15H,2-4,7,9-10,17H2,1H3. The van der Waals surface area contributed by atoms with E-state index in [4.69, 9.17) is 5.73 Å². The Morgan fingerprint density at radius 1 is 1.37 bits per heavy atom. The molecule has 4 heteroatoms. The van der Waals surface area contributed by atoms with Crippen molar-refractivity contribution in [1.29, 1.82) is 0 Å². The van der Waals surface area contributed by atoms with Crippen LogP contribution in [0.3, 0.4) is 0 Å². The van der Waals surface area contributed by atoms with Gasteiger partial charge in [-0.2, -0.15) is 0 Å². The van der Waals surface area contributed by atoms with Crippen molar-refractivity contribution < 1.29 is 8.60 Å². The summed E-state index contributed by atoms with van der Waals surface area (Å²) >= 11 is 0. The first-order valence-corrected chi connectivity index (χ1v) is 8.33. The lowest BCUT2D eigenvalue weighted by Crippen LogP contribution is -2.24. The number of nitrogens with two attached hydrogens (primary N) is 1. The fourth-order valence-corrected chi connectivity index (χ4v) is 4.61. The Morgan fingerprint density at radius 3 is 2.84 bits per heavy atom. The smallest absolute Gasteiger partial charge is 0.123 e. The van der Waals surface area contributed by atoms with Crippen molar-refractivity contribution in [3.8, 4) is 0 Å². The van der Waals surface area contributed by atoms with Crippen molar-refractivity contribution in [2.75, 3.05) is 0 Å². The summed E-state index contributed by atoms with van der Waals surface area (Å²) in [5.41, 5.74) is 7.34. The molecule has 0 bridgehead atoms. The van der Waals surface area contributed by atoms with E-state index in [0.717, 1.165) is 24.0 Å². The highest BCUT2D eigenvalue weighted by atomic mass is 32.2. The van der Waals surface area contributed by atoms with Gasteiger partial charge in [0.05, 0.1) is 0 Å². The Kier molecular flexibility index (Phi) is 5.11. The molecule has 1 aliphatic rings. The summed E-state index contributed by atoms with van der Waals surface area (Å²) in [7, 11) is -0.875. The van der Waals surface area contributed by atoms with E-state index < -0.39 is 10.8 Å². The topological polar surface area (TPSA) is 43.1 Å². The molecule has 1 fully saturated rings. The molecule has 2 rings (SSSR count). The van der Waals surface area contributed by atoms with E-state index in [2.05, 4.69) is 6.92 Å². The largest absolute Gasteiger partial charge is 0.326 e. The maximum absolute atomic E-state index is 13.1. The van der Waals surface area contributed by atoms with Crippen molar-refractivity contribution in [3.05, 3.63) is 35.1 Å². The highest BCUT2D eigenvalue weighted by Crippen LogP contribution is 2.28. The minimum atomic E-state index is -0.875. The summed E-state index contributed by atoms with van der Waals surface area (Å²) < 4.78 is 25.6. The molecule has 0 saturated heterocycles. The third-order valence-electron chi connectivity index (χ3n) is 3.95. The zero-order valence-corrected chi connectivity index (χ0v) is 12.2. The van der Waals surface area contributed by atoms with Gasteiger partial charge in [-0.05, 0) is 42.0 Å². The second kappa shape index (κ2) is 6.62. The highest BCUT2D eigenvalue weighted by molar-refractivity contribution is 7.84. The van der Waals surface area contributed by atoms with Crippen LogP contribution in [0, 0.1) is 11.7 Å². The second-order valence-electron chi connectivity index (χ2n) is 5.54. The molecule has 0 spiro atoms. The Hall–Kier alpha value is -0.740. The first-order valence-electron chi connectivity index (χ1n) is 6.94. The first kappa shape index (κ1) is 14.7. The van der Waals surface area contributed by atoms with Crippen LogP contribution < -0.4 is 5.73 Å². The van der Waals surface area contributed by atoms with Crippen molar-refractivity contribution >= 4 is 10.8 Å². The van der Waals surface area contributed by atoms with Crippen LogP contribution in [0.2, 0.25) is 0 Å². The van der Waals surface area contributed by atoms with Gasteiger partial charge in [0.2, 0.25) is 0 Å². The van der Waals surface area contributed by atoms with Crippen molar-refractivity contribution in [3.63, 3.8) is 0 Å². The summed E-state index contributed by atoms with van der Waals surface area (Å²) in [5, 5.41) is 0.291. The van der Waals surface area contributed by atoms with Crippen molar-refractivity contribution in [2.24, 2.45) is 11.7 Å². The first-order chi connectivity index (χ1) is 9.10. The summed E-state index contributed by atoms with van der Waals surface area (Å²) in [6.45, 7) is 2.53. The Morgan fingerprint density at radius 2 is 2.16 bits per heavy atom. The zero-order valence-electron chi connectivity index (χ0n) is 11.4. The van der Waals surface area contributed by atoms with Crippen molar-refractivity contribution in [2.45, 2.75) is 50.2 Å². The second-order valence-corrected chi connectivity index (χ2v) is 7.25. The molecular formula is C15H22FNOS. The fraction of sp³-hybridized carbons (Fsp3) is 0.600. The lowest BCUT2D eigenvalue weighted by atomic mass is 9.91. The molecule has 1 saturated carbocycles. The molecule has 1 aliphatic carbocycles. The van der Waals surface area contributed by atoms with Gasteiger partial charge in [-0.15, -0.1) is 0 Å². The molecule has 1 aromatic rings. The van der Waals surface area contributed by atoms with E-state index in [0.29, 0.717) is 23.5 Å². The molecular weight excluding hydrogens is 261 g/mol. The number of hydrogen-bond donors (Lipinski definition) is 1. The van der Waals surface area contributed by atoms with Gasteiger partial charge in [0.25, 0.3) is 0 Å². The quantitative estimate of drug-likeness (QED) is 0.922. The minimum absolute atomic E-state index is 0.277. The Balaban J connectivity index is 2.06. The zero-order chi connectivity index (χ0) is 13.8. The highest BCUT2D eigenvalue weighted by Gasteiger charge is 2.24. The number of halogens is 1. The molecule has 0 amide bonds. The Labute approximate surface area is 117 Å². The van der Waals surface area contributed by atoms with E-state index >= 15 is 0 Å². The number of benzene rings is 1. The molecule has 106 valence electrons. The van der Waals surface area contributed by atoms with E-state index in [1.54, 1.807) is 6.07 Å². The molecule has 3 unspecified atom stereocenters. The van der Waals surface area contributed by atoms with Crippen LogP contribution in [-0.2, 0) is 23.1 Å². The lowest BCUT2D eigenvalue weighted by molar-refractivity contribution is 0.389. The van der Waals surface area contributed by atoms with Crippen LogP contribution in [0.1, 0.15) is 43.7 Å². The third-order valence-corrected chi connectivity index (χ3v) is 5.71. The monoisotopic (exact) mass is 283 g/mol. The minimum Gasteiger partial charge on any atom is -0.326 e. The summed E-state index contributed by atoms with van der Waals surface area (Å²) in [6, 6.07) is 4.60. The molecule has 0 heterocycles. The average Bonchev–Trinajstić information content (AvgIpc) is 2.40. The van der Waals surface area contributed by atoms with Crippen LogP contribution in [0.25, 0.3) is 0 Å². The third kappa shape index (κ3) is 3.86. The maximum Gasteiger partial charge on any atom is 0.123 e. The molecule has 2 N–H and O–H groups in total. The van der Waals surface area contributed by atoms with Gasteiger partial charge in [-0.3, -0.25) is 4.21 Å². The van der Waals surface area contributed by atoms with E-state index in [9.17, 15) is 8.60 Å². The van der Waals surface area contributed by atoms with Crippen LogP contribution in [0.15, 0.2) is 18.2 Å². The van der Waals surface area contributed by atoms with Crippen LogP contribution in [0.5, 0.6) is 0 Å². The van der Waals surface area contributed by atoms with Gasteiger partial charge in [0.1, 0.15) is 5.82 Å². The van der Waals surface area contributed by atoms with Crippen molar-refractivity contribution in [1.82, 2.24) is 0 Å². The Bertz CT molecular complexity index is 463. The van der Waals surface area contributed by atoms with Gasteiger partial charge < -0.3 is 5.73 Å². The molecule has 0 aromatic heterocycles. The average molecular weight is 283 g/mol. The predicted octanol–water partition coefficient (Wildman–Crippen LogP) is 3.11. The van der Waals surface area contributed by atoms with E-state index in [1.807, 2.05) is 0 Å². The maximum atomic E-state index is 13.1. The predicted molar refractivity (Wildman–Crippen MR) is 77.6 cm³/mol. The molecule has 2 nitrogen and oxygen atoms in total. The van der Waals surface area contributed by atoms with Gasteiger partial charge in [-0.1, -0.05) is 25.8 Å². The molecule has 0 aliphatic heterocycles. The summed E-state index contributed by atoms with van der Waals surface area (Å²) in [5.74, 6) is 0.899. The summed E-state index contributed by atoms with van der Waals surface area (Å²) in [4.78, 5) is 0. The van der Waals surface area contributed by atoms with Gasteiger partial charge in [0, 0.05) is 28.3 Å². The van der Waals surface area contributed by atoms with Gasteiger partial charge >= 0.3 is 0 Å². The molecule has 1 aromatic carbocycles. The summed E-state index contributed by atoms with van der Waals surface area (Å²) in [6.07, 6.45) is 4.52. The van der Waals surface area contributed by atoms with Crippen LogP contribution in [-0.4, -0.2) is 9.46 Å². The lowest BCUT2D eigenvalue weighted by Gasteiger charge is -2.26.